The molecular formula is C18H9F3N2O4. The van der Waals surface area contributed by atoms with Crippen LogP contribution in [0.5, 0.6) is 0 Å². The Labute approximate surface area is 149 Å². The minimum absolute atomic E-state index is 0.0330. The van der Waals surface area contributed by atoms with Crippen LogP contribution in [-0.4, -0.2) is 22.8 Å². The highest BCUT2D eigenvalue weighted by Crippen LogP contribution is 2.44. The van der Waals surface area contributed by atoms with Gasteiger partial charge < -0.3 is 15.7 Å². The van der Waals surface area contributed by atoms with Crippen LogP contribution in [0.15, 0.2) is 42.1 Å². The normalized spacial score (nSPS) is 18.0. The van der Waals surface area contributed by atoms with Crippen molar-refractivity contribution in [3.63, 3.8) is 0 Å². The van der Waals surface area contributed by atoms with E-state index in [0.717, 1.165) is 18.2 Å². The lowest BCUT2D eigenvalue weighted by Gasteiger charge is -2.11. The first-order valence-corrected chi connectivity index (χ1v) is 7.63. The van der Waals surface area contributed by atoms with Crippen molar-refractivity contribution in [1.29, 1.82) is 0 Å². The van der Waals surface area contributed by atoms with Gasteiger partial charge in [-0.15, -0.1) is 0 Å². The number of Topliss-reactive ketones (excluding diaryl/α,β-unsaturated/α-hetero) is 1. The maximum absolute atomic E-state index is 13.2. The van der Waals surface area contributed by atoms with E-state index in [-0.39, 0.29) is 33.6 Å². The number of para-hydroxylation sites is 1. The Morgan fingerprint density at radius 3 is 2.41 bits per heavy atom. The lowest BCUT2D eigenvalue weighted by atomic mass is 9.99. The second-order valence-corrected chi connectivity index (χ2v) is 5.95. The van der Waals surface area contributed by atoms with Crippen molar-refractivity contribution in [2.24, 2.45) is 0 Å². The largest absolute Gasteiger partial charge is 0.478 e. The highest BCUT2D eigenvalue weighted by atomic mass is 19.4. The number of aromatic carboxylic acids is 1. The second kappa shape index (κ2) is 5.44. The molecule has 0 aliphatic carbocycles. The summed E-state index contributed by atoms with van der Waals surface area (Å²) in [7, 11) is 0. The molecule has 0 unspecified atom stereocenters. The summed E-state index contributed by atoms with van der Waals surface area (Å²) in [5.41, 5.74) is -1.68. The number of fused-ring (bicyclic) bond motifs is 2. The number of anilines is 2. The maximum atomic E-state index is 13.2. The molecule has 6 nitrogen and oxygen atoms in total. The molecule has 2 aliphatic rings. The molecule has 0 bridgehead atoms. The number of carbonyl (C=O) groups is 3. The Bertz CT molecular complexity index is 1090. The zero-order valence-electron chi connectivity index (χ0n) is 13.3. The number of hydrogen-bond acceptors (Lipinski definition) is 4. The zero-order valence-corrected chi connectivity index (χ0v) is 13.3. The fraction of sp³-hybridized carbons (Fsp3) is 0.0556. The Kier molecular flexibility index (Phi) is 3.39. The van der Waals surface area contributed by atoms with Gasteiger partial charge in [-0.3, -0.25) is 9.59 Å². The third-order valence-corrected chi connectivity index (χ3v) is 4.35. The summed E-state index contributed by atoms with van der Waals surface area (Å²) >= 11 is 0. The van der Waals surface area contributed by atoms with Crippen LogP contribution in [0.3, 0.4) is 0 Å². The molecule has 0 saturated heterocycles. The van der Waals surface area contributed by atoms with Gasteiger partial charge in [0.05, 0.1) is 22.4 Å². The average molecular weight is 374 g/mol. The molecule has 3 N–H and O–H groups in total. The van der Waals surface area contributed by atoms with Gasteiger partial charge in [0.1, 0.15) is 5.70 Å². The van der Waals surface area contributed by atoms with E-state index in [0.29, 0.717) is 0 Å². The standard InChI is InChI=1S/C18H9F3N2O4/c19-18(20,21)10-3-1-2-8-12(16(25)23-13(8)10)14-15(24)9-6-7(17(26)27)4-5-11(9)22-14/h1-6,22H,(H,23,25)(H,26,27)/b14-12-. The molecule has 0 saturated carbocycles. The van der Waals surface area contributed by atoms with Crippen LogP contribution >= 0.6 is 0 Å². The Morgan fingerprint density at radius 2 is 1.74 bits per heavy atom. The molecule has 0 aromatic heterocycles. The zero-order chi connectivity index (χ0) is 19.5. The molecule has 2 aromatic rings. The fourth-order valence-corrected chi connectivity index (χ4v) is 3.15. The Hall–Kier alpha value is -3.62. The first kappa shape index (κ1) is 16.8. The van der Waals surface area contributed by atoms with Gasteiger partial charge >= 0.3 is 12.1 Å². The van der Waals surface area contributed by atoms with Gasteiger partial charge in [0.25, 0.3) is 5.91 Å². The van der Waals surface area contributed by atoms with Gasteiger partial charge in [0.2, 0.25) is 5.78 Å². The first-order valence-electron chi connectivity index (χ1n) is 7.63. The molecular weight excluding hydrogens is 365 g/mol. The van der Waals surface area contributed by atoms with E-state index >= 15 is 0 Å². The number of rotatable bonds is 1. The monoisotopic (exact) mass is 374 g/mol. The molecule has 0 radical (unpaired) electrons. The lowest BCUT2D eigenvalue weighted by Crippen LogP contribution is -2.12. The summed E-state index contributed by atoms with van der Waals surface area (Å²) < 4.78 is 39.5. The molecule has 1 amide bonds. The van der Waals surface area contributed by atoms with Gasteiger partial charge in [-0.2, -0.15) is 13.2 Å². The van der Waals surface area contributed by atoms with Gasteiger partial charge in [0, 0.05) is 16.8 Å². The maximum Gasteiger partial charge on any atom is 0.418 e. The van der Waals surface area contributed by atoms with Crippen LogP contribution in [0.25, 0.3) is 5.57 Å². The molecule has 27 heavy (non-hydrogen) atoms. The number of benzene rings is 2. The Balaban J connectivity index is 1.88. The summed E-state index contributed by atoms with van der Waals surface area (Å²) in [6, 6.07) is 7.09. The molecule has 0 spiro atoms. The SMILES string of the molecule is O=C1Nc2c(cccc2C(F)(F)F)/C1=C1/Nc2ccc(C(=O)O)cc2C1=O. The quantitative estimate of drug-likeness (QED) is 0.665. The number of halogens is 3. The number of amides is 1. The number of carboxylic acids is 1. The molecule has 2 aromatic carbocycles. The van der Waals surface area contributed by atoms with Crippen molar-refractivity contribution in [2.75, 3.05) is 10.6 Å². The van der Waals surface area contributed by atoms with Gasteiger partial charge in [-0.1, -0.05) is 12.1 Å². The molecule has 136 valence electrons. The van der Waals surface area contributed by atoms with E-state index < -0.39 is 35.1 Å². The fourth-order valence-electron chi connectivity index (χ4n) is 3.15. The van der Waals surface area contributed by atoms with Crippen LogP contribution in [0.2, 0.25) is 0 Å². The van der Waals surface area contributed by atoms with Gasteiger partial charge in [-0.25, -0.2) is 4.79 Å². The molecule has 0 fully saturated rings. The minimum Gasteiger partial charge on any atom is -0.478 e. The summed E-state index contributed by atoms with van der Waals surface area (Å²) in [5.74, 6) is -2.74. The minimum atomic E-state index is -4.68. The van der Waals surface area contributed by atoms with Crippen LogP contribution in [0.1, 0.15) is 31.8 Å². The Morgan fingerprint density at radius 1 is 1.00 bits per heavy atom. The van der Waals surface area contributed by atoms with Crippen molar-refractivity contribution in [1.82, 2.24) is 0 Å². The van der Waals surface area contributed by atoms with Crippen LogP contribution in [0, 0.1) is 0 Å². The van der Waals surface area contributed by atoms with E-state index in [9.17, 15) is 27.6 Å². The molecule has 4 rings (SSSR count). The number of carbonyl (C=O) groups excluding carboxylic acids is 2. The number of carboxylic acid groups (broad SMARTS) is 1. The van der Waals surface area contributed by atoms with Crippen molar-refractivity contribution < 1.29 is 32.7 Å². The van der Waals surface area contributed by atoms with Crippen molar-refractivity contribution in [2.45, 2.75) is 6.18 Å². The molecule has 2 aliphatic heterocycles. The molecule has 0 atom stereocenters. The number of hydrogen-bond donors (Lipinski definition) is 3. The van der Waals surface area contributed by atoms with E-state index in [2.05, 4.69) is 10.6 Å². The summed E-state index contributed by atoms with van der Waals surface area (Å²) in [6.45, 7) is 0. The summed E-state index contributed by atoms with van der Waals surface area (Å²) in [6.07, 6.45) is -4.68. The molecule has 2 heterocycles. The second-order valence-electron chi connectivity index (χ2n) is 5.95. The first-order chi connectivity index (χ1) is 12.7. The van der Waals surface area contributed by atoms with Crippen LogP contribution in [0.4, 0.5) is 24.5 Å². The predicted molar refractivity (Wildman–Crippen MR) is 88.3 cm³/mol. The number of allylic oxidation sites excluding steroid dienone is 1. The number of nitrogens with one attached hydrogen (secondary N) is 2. The van der Waals surface area contributed by atoms with E-state index in [1.807, 2.05) is 0 Å². The van der Waals surface area contributed by atoms with Gasteiger partial charge in [-0.05, 0) is 24.3 Å². The lowest BCUT2D eigenvalue weighted by molar-refractivity contribution is -0.136. The van der Waals surface area contributed by atoms with E-state index in [4.69, 9.17) is 5.11 Å². The molecule has 9 heteroatoms. The van der Waals surface area contributed by atoms with Crippen molar-refractivity contribution in [3.05, 3.63) is 64.3 Å². The third kappa shape index (κ3) is 2.47. The number of alkyl halides is 3. The predicted octanol–water partition coefficient (Wildman–Crippen LogP) is 3.38. The van der Waals surface area contributed by atoms with E-state index in [1.54, 1.807) is 0 Å². The number of ketones is 1. The summed E-state index contributed by atoms with van der Waals surface area (Å²) in [4.78, 5) is 36.1. The highest BCUT2D eigenvalue weighted by Gasteiger charge is 2.41. The average Bonchev–Trinajstić information content (AvgIpc) is 3.09. The van der Waals surface area contributed by atoms with Crippen LogP contribution in [-0.2, 0) is 11.0 Å². The topological polar surface area (TPSA) is 95.5 Å². The van der Waals surface area contributed by atoms with Crippen molar-refractivity contribution in [3.8, 4) is 0 Å². The highest BCUT2D eigenvalue weighted by molar-refractivity contribution is 6.39. The summed E-state index contributed by atoms with van der Waals surface area (Å²) in [5, 5.41) is 13.9. The van der Waals surface area contributed by atoms with Crippen LogP contribution < -0.4 is 10.6 Å². The van der Waals surface area contributed by atoms with E-state index in [1.165, 1.54) is 18.2 Å². The smallest absolute Gasteiger partial charge is 0.418 e. The third-order valence-electron chi connectivity index (χ3n) is 4.35. The van der Waals surface area contributed by atoms with Gasteiger partial charge in [0.15, 0.2) is 0 Å². The van der Waals surface area contributed by atoms with Crippen molar-refractivity contribution >= 4 is 34.6 Å².